The van der Waals surface area contributed by atoms with Crippen molar-refractivity contribution in [2.45, 2.75) is 57.4 Å². The Bertz CT molecular complexity index is 1210. The molecule has 1 aliphatic carbocycles. The summed E-state index contributed by atoms with van der Waals surface area (Å²) in [6, 6.07) is 12.9. The largest absolute Gasteiger partial charge is 0.496 e. The number of hydrogen-bond donors (Lipinski definition) is 2. The molecule has 1 saturated carbocycles. The first-order valence-corrected chi connectivity index (χ1v) is 15.8. The number of ether oxygens (including phenoxy) is 2. The fraction of sp³-hybridized carbons (Fsp3) is 0.581. The van der Waals surface area contributed by atoms with E-state index < -0.39 is 9.84 Å². The highest BCUT2D eigenvalue weighted by atomic mass is 32.2. The summed E-state index contributed by atoms with van der Waals surface area (Å²) in [4.78, 5) is 15.0. The average Bonchev–Trinajstić information content (AvgIpc) is 2.92. The standard InChI is InChI=1S/C31H47N3O5S/c1-22-18-28(38-6)23(2)24(3)31(22)40(36,37)21-32-16-17-39-20-29(35)33-19-25-12-14-27(15-13-25)30(34(4)5)26-10-8-7-9-11-26/h7-11,18,25,27,30,32H,12-17,19-21H2,1-6H3,(H,33,35). The molecule has 1 fully saturated rings. The van der Waals surface area contributed by atoms with Crippen LogP contribution in [0.1, 0.15) is 54.0 Å². The topological polar surface area (TPSA) is 97.0 Å². The minimum absolute atomic E-state index is 0.0314. The van der Waals surface area contributed by atoms with E-state index >= 15 is 0 Å². The molecular formula is C31H47N3O5S. The second kappa shape index (κ2) is 15.0. The third-order valence-corrected chi connectivity index (χ3v) is 9.92. The van der Waals surface area contributed by atoms with Crippen molar-refractivity contribution in [2.75, 3.05) is 53.4 Å². The van der Waals surface area contributed by atoms with E-state index in [1.165, 1.54) is 5.56 Å². The number of rotatable bonds is 14. The first-order chi connectivity index (χ1) is 19.0. The molecule has 222 valence electrons. The molecule has 2 N–H and O–H groups in total. The number of hydrogen-bond acceptors (Lipinski definition) is 7. The Hall–Kier alpha value is -2.46. The van der Waals surface area contributed by atoms with Crippen molar-refractivity contribution in [1.29, 1.82) is 0 Å². The number of carbonyl (C=O) groups excluding carboxylic acids is 1. The van der Waals surface area contributed by atoms with Crippen molar-refractivity contribution in [3.8, 4) is 5.75 Å². The Morgan fingerprint density at radius 1 is 1.05 bits per heavy atom. The number of amides is 1. The van der Waals surface area contributed by atoms with E-state index in [0.29, 0.717) is 52.7 Å². The highest BCUT2D eigenvalue weighted by Crippen LogP contribution is 2.39. The number of nitrogens with zero attached hydrogens (tertiary/aromatic N) is 1. The maximum atomic E-state index is 13.0. The number of methoxy groups -OCH3 is 1. The lowest BCUT2D eigenvalue weighted by Crippen LogP contribution is -2.36. The van der Waals surface area contributed by atoms with Gasteiger partial charge in [-0.2, -0.15) is 0 Å². The first-order valence-electron chi connectivity index (χ1n) is 14.2. The van der Waals surface area contributed by atoms with Crippen LogP contribution in [0.4, 0.5) is 0 Å². The van der Waals surface area contributed by atoms with Gasteiger partial charge >= 0.3 is 0 Å². The van der Waals surface area contributed by atoms with Crippen molar-refractivity contribution in [3.63, 3.8) is 0 Å². The monoisotopic (exact) mass is 573 g/mol. The summed E-state index contributed by atoms with van der Waals surface area (Å²) in [6.45, 7) is 6.66. The minimum Gasteiger partial charge on any atom is -0.496 e. The summed E-state index contributed by atoms with van der Waals surface area (Å²) in [7, 11) is 2.36. The van der Waals surface area contributed by atoms with Crippen LogP contribution in [-0.4, -0.2) is 72.6 Å². The molecule has 9 heteroatoms. The molecule has 0 radical (unpaired) electrons. The summed E-state index contributed by atoms with van der Waals surface area (Å²) in [5, 5.41) is 5.95. The lowest BCUT2D eigenvalue weighted by atomic mass is 9.76. The number of sulfone groups is 1. The van der Waals surface area contributed by atoms with Crippen LogP contribution in [0, 0.1) is 32.6 Å². The number of benzene rings is 2. The van der Waals surface area contributed by atoms with Gasteiger partial charge in [-0.25, -0.2) is 8.42 Å². The number of carbonyl (C=O) groups is 1. The Labute approximate surface area is 240 Å². The summed E-state index contributed by atoms with van der Waals surface area (Å²) >= 11 is 0. The lowest BCUT2D eigenvalue weighted by Gasteiger charge is -2.37. The molecule has 2 aromatic carbocycles. The molecule has 1 amide bonds. The Morgan fingerprint density at radius 2 is 1.73 bits per heavy atom. The van der Waals surface area contributed by atoms with E-state index in [0.717, 1.165) is 31.2 Å². The Kier molecular flexibility index (Phi) is 12.0. The number of aryl methyl sites for hydroxylation is 1. The molecule has 0 aromatic heterocycles. The van der Waals surface area contributed by atoms with Gasteiger partial charge in [-0.15, -0.1) is 0 Å². The Balaban J connectivity index is 1.33. The molecule has 3 rings (SSSR count). The highest BCUT2D eigenvalue weighted by Gasteiger charge is 2.30. The number of nitrogens with one attached hydrogen (secondary N) is 2. The van der Waals surface area contributed by atoms with Gasteiger partial charge in [0.15, 0.2) is 9.84 Å². The van der Waals surface area contributed by atoms with Gasteiger partial charge in [-0.05, 0) is 101 Å². The summed E-state index contributed by atoms with van der Waals surface area (Å²) in [5.74, 6) is 1.45. The van der Waals surface area contributed by atoms with E-state index in [2.05, 4.69) is 60.0 Å². The fourth-order valence-electron chi connectivity index (χ4n) is 5.96. The molecule has 1 aliphatic rings. The summed E-state index contributed by atoms with van der Waals surface area (Å²) in [5.41, 5.74) is 3.55. The second-order valence-electron chi connectivity index (χ2n) is 11.2. The van der Waals surface area contributed by atoms with E-state index in [9.17, 15) is 13.2 Å². The zero-order valence-electron chi connectivity index (χ0n) is 25.0. The van der Waals surface area contributed by atoms with Crippen LogP contribution in [0.25, 0.3) is 0 Å². The maximum absolute atomic E-state index is 13.0. The zero-order chi connectivity index (χ0) is 29.3. The van der Waals surface area contributed by atoms with Crippen LogP contribution in [0.2, 0.25) is 0 Å². The maximum Gasteiger partial charge on any atom is 0.246 e. The van der Waals surface area contributed by atoms with Crippen LogP contribution in [0.15, 0.2) is 41.3 Å². The molecule has 2 aromatic rings. The van der Waals surface area contributed by atoms with E-state index in [1.807, 2.05) is 6.92 Å². The normalized spacial score (nSPS) is 18.5. The van der Waals surface area contributed by atoms with Gasteiger partial charge in [0.25, 0.3) is 0 Å². The first kappa shape index (κ1) is 32.1. The van der Waals surface area contributed by atoms with Gasteiger partial charge in [0.2, 0.25) is 5.91 Å². The van der Waals surface area contributed by atoms with Crippen LogP contribution >= 0.6 is 0 Å². The van der Waals surface area contributed by atoms with Crippen molar-refractivity contribution < 1.29 is 22.7 Å². The highest BCUT2D eigenvalue weighted by molar-refractivity contribution is 7.91. The van der Waals surface area contributed by atoms with E-state index in [-0.39, 0.29) is 25.0 Å². The molecular weight excluding hydrogens is 526 g/mol. The van der Waals surface area contributed by atoms with Crippen LogP contribution < -0.4 is 15.4 Å². The van der Waals surface area contributed by atoms with Crippen molar-refractivity contribution >= 4 is 15.7 Å². The van der Waals surface area contributed by atoms with E-state index in [4.69, 9.17) is 9.47 Å². The Morgan fingerprint density at radius 3 is 2.35 bits per heavy atom. The van der Waals surface area contributed by atoms with Gasteiger partial charge in [0.1, 0.15) is 18.2 Å². The average molecular weight is 574 g/mol. The van der Waals surface area contributed by atoms with Gasteiger partial charge in [-0.1, -0.05) is 30.3 Å². The molecule has 1 atom stereocenters. The summed E-state index contributed by atoms with van der Waals surface area (Å²) < 4.78 is 36.7. The van der Waals surface area contributed by atoms with Crippen molar-refractivity contribution in [3.05, 3.63) is 58.7 Å². The summed E-state index contributed by atoms with van der Waals surface area (Å²) in [6.07, 6.45) is 4.51. The predicted molar refractivity (Wildman–Crippen MR) is 159 cm³/mol. The molecule has 8 nitrogen and oxygen atoms in total. The third kappa shape index (κ3) is 8.52. The van der Waals surface area contributed by atoms with E-state index in [1.54, 1.807) is 27.0 Å². The van der Waals surface area contributed by atoms with Crippen LogP contribution in [0.3, 0.4) is 0 Å². The molecule has 0 bridgehead atoms. The fourth-order valence-corrected chi connectivity index (χ4v) is 7.69. The molecule has 0 spiro atoms. The lowest BCUT2D eigenvalue weighted by molar-refractivity contribution is -0.125. The van der Waals surface area contributed by atoms with Gasteiger partial charge in [-0.3, -0.25) is 4.79 Å². The zero-order valence-corrected chi connectivity index (χ0v) is 25.8. The third-order valence-electron chi connectivity index (χ3n) is 8.08. The molecule has 40 heavy (non-hydrogen) atoms. The molecule has 0 heterocycles. The SMILES string of the molecule is COc1cc(C)c(S(=O)(=O)CNCCOCC(=O)NCC2CCC(C(c3ccccc3)N(C)C)CC2)c(C)c1C. The quantitative estimate of drug-likeness (QED) is 0.327. The van der Waals surface area contributed by atoms with Crippen LogP contribution in [0.5, 0.6) is 5.75 Å². The van der Waals surface area contributed by atoms with Gasteiger partial charge in [0.05, 0.1) is 18.6 Å². The van der Waals surface area contributed by atoms with Crippen molar-refractivity contribution in [2.24, 2.45) is 11.8 Å². The minimum atomic E-state index is -3.53. The molecule has 0 saturated heterocycles. The molecule has 0 aliphatic heterocycles. The second-order valence-corrected chi connectivity index (χ2v) is 13.1. The predicted octanol–water partition coefficient (Wildman–Crippen LogP) is 4.18. The van der Waals surface area contributed by atoms with Crippen LogP contribution in [-0.2, 0) is 19.4 Å². The molecule has 1 unspecified atom stereocenters. The smallest absolute Gasteiger partial charge is 0.246 e. The van der Waals surface area contributed by atoms with Gasteiger partial charge < -0.3 is 25.0 Å². The van der Waals surface area contributed by atoms with Crippen molar-refractivity contribution in [1.82, 2.24) is 15.5 Å². The van der Waals surface area contributed by atoms with Gasteiger partial charge in [0, 0.05) is 19.1 Å².